The van der Waals surface area contributed by atoms with Crippen LogP contribution in [0.5, 0.6) is 0 Å². The van der Waals surface area contributed by atoms with Gasteiger partial charge in [-0.3, -0.25) is 4.98 Å². The van der Waals surface area contributed by atoms with Crippen molar-refractivity contribution in [3.05, 3.63) is 59.6 Å². The van der Waals surface area contributed by atoms with E-state index in [0.717, 1.165) is 16.5 Å². The normalized spacial score (nSPS) is 12.1. The van der Waals surface area contributed by atoms with Gasteiger partial charge in [0.25, 0.3) is 10.0 Å². The number of sulfonamides is 1. The third-order valence-corrected chi connectivity index (χ3v) is 6.41. The van der Waals surface area contributed by atoms with Crippen LogP contribution >= 0.6 is 11.3 Å². The predicted molar refractivity (Wildman–Crippen MR) is 84.7 cm³/mol. The molecule has 0 spiro atoms. The van der Waals surface area contributed by atoms with Gasteiger partial charge in [-0.05, 0) is 29.1 Å². The fourth-order valence-corrected chi connectivity index (χ4v) is 4.48. The Hall–Kier alpha value is -1.76. The largest absolute Gasteiger partial charge is 0.256 e. The molecular weight excluding hydrogens is 304 g/mol. The second-order valence-electron chi connectivity index (χ2n) is 4.72. The number of aromatic nitrogens is 1. The van der Waals surface area contributed by atoms with E-state index in [1.54, 1.807) is 30.8 Å². The first-order valence-corrected chi connectivity index (χ1v) is 8.73. The Balaban J connectivity index is 1.88. The lowest BCUT2D eigenvalue weighted by atomic mass is 10.1. The Kier molecular flexibility index (Phi) is 3.75. The van der Waals surface area contributed by atoms with Crippen molar-refractivity contribution >= 4 is 32.3 Å². The smallest absolute Gasteiger partial charge is 0.252 e. The fourth-order valence-electron chi connectivity index (χ4n) is 2.12. The number of thiophene rings is 1. The maximum Gasteiger partial charge on any atom is 0.252 e. The molecule has 2 aromatic heterocycles. The van der Waals surface area contributed by atoms with E-state index in [0.29, 0.717) is 10.8 Å². The Labute approximate surface area is 127 Å². The summed E-state index contributed by atoms with van der Waals surface area (Å²) in [5.74, 6) is 0. The van der Waals surface area contributed by atoms with E-state index in [1.165, 1.54) is 15.6 Å². The van der Waals surface area contributed by atoms with Crippen molar-refractivity contribution in [1.29, 1.82) is 0 Å². The number of rotatable bonds is 4. The lowest BCUT2D eigenvalue weighted by molar-refractivity contribution is 0.468. The van der Waals surface area contributed by atoms with Gasteiger partial charge in [-0.25, -0.2) is 8.42 Å². The molecule has 0 aliphatic heterocycles. The van der Waals surface area contributed by atoms with Crippen molar-refractivity contribution < 1.29 is 8.42 Å². The second-order valence-corrected chi connectivity index (χ2v) is 7.94. The minimum absolute atomic E-state index is 0.326. The third kappa shape index (κ3) is 2.83. The quantitative estimate of drug-likeness (QED) is 0.742. The summed E-state index contributed by atoms with van der Waals surface area (Å²) in [6, 6.07) is 13.1. The van der Waals surface area contributed by atoms with Gasteiger partial charge in [0.05, 0.1) is 5.52 Å². The van der Waals surface area contributed by atoms with Crippen LogP contribution in [0.1, 0.15) is 5.56 Å². The molecule has 2 heterocycles. The number of fused-ring (bicyclic) bond motifs is 1. The van der Waals surface area contributed by atoms with Gasteiger partial charge in [0, 0.05) is 25.2 Å². The van der Waals surface area contributed by atoms with Crippen molar-refractivity contribution in [2.45, 2.75) is 10.8 Å². The maximum absolute atomic E-state index is 12.4. The average molecular weight is 318 g/mol. The first-order valence-electron chi connectivity index (χ1n) is 6.41. The van der Waals surface area contributed by atoms with Crippen LogP contribution in [0.2, 0.25) is 0 Å². The average Bonchev–Trinajstić information content (AvgIpc) is 3.02. The summed E-state index contributed by atoms with van der Waals surface area (Å²) in [6.45, 7) is 0.326. The van der Waals surface area contributed by atoms with Gasteiger partial charge in [0.2, 0.25) is 0 Å². The summed E-state index contributed by atoms with van der Waals surface area (Å²) < 4.78 is 26.5. The molecule has 0 unspecified atom stereocenters. The Morgan fingerprint density at radius 2 is 2.05 bits per heavy atom. The van der Waals surface area contributed by atoms with Crippen LogP contribution in [-0.2, 0) is 16.6 Å². The van der Waals surface area contributed by atoms with Gasteiger partial charge in [0.15, 0.2) is 0 Å². The molecule has 0 fully saturated rings. The molecule has 0 radical (unpaired) electrons. The molecule has 1 aromatic carbocycles. The Morgan fingerprint density at radius 3 is 2.81 bits per heavy atom. The van der Waals surface area contributed by atoms with Gasteiger partial charge in [0.1, 0.15) is 4.21 Å². The summed E-state index contributed by atoms with van der Waals surface area (Å²) >= 11 is 1.23. The van der Waals surface area contributed by atoms with Gasteiger partial charge < -0.3 is 0 Å². The van der Waals surface area contributed by atoms with E-state index in [2.05, 4.69) is 4.98 Å². The SMILES string of the molecule is CN(Cc1ccc2cccnc2c1)S(=O)(=O)c1cccs1. The van der Waals surface area contributed by atoms with E-state index in [9.17, 15) is 8.42 Å². The summed E-state index contributed by atoms with van der Waals surface area (Å²) in [6.07, 6.45) is 1.73. The zero-order valence-corrected chi connectivity index (χ0v) is 13.1. The highest BCUT2D eigenvalue weighted by Crippen LogP contribution is 2.22. The minimum atomic E-state index is -3.42. The predicted octanol–water partition coefficient (Wildman–Crippen LogP) is 3.12. The standard InChI is InChI=1S/C15H14N2O2S2/c1-17(21(18,19)15-5-3-9-20-15)11-12-6-7-13-4-2-8-16-14(13)10-12/h2-10H,11H2,1H3. The first kappa shape index (κ1) is 14.2. The highest BCUT2D eigenvalue weighted by Gasteiger charge is 2.21. The molecule has 0 atom stereocenters. The topological polar surface area (TPSA) is 50.3 Å². The van der Waals surface area contributed by atoms with Gasteiger partial charge in [-0.2, -0.15) is 4.31 Å². The zero-order valence-electron chi connectivity index (χ0n) is 11.4. The molecule has 6 heteroatoms. The monoisotopic (exact) mass is 318 g/mol. The van der Waals surface area contributed by atoms with Crippen LogP contribution in [0.25, 0.3) is 10.9 Å². The molecule has 0 saturated carbocycles. The van der Waals surface area contributed by atoms with E-state index < -0.39 is 10.0 Å². The van der Waals surface area contributed by atoms with Crippen molar-refractivity contribution in [2.75, 3.05) is 7.05 Å². The summed E-state index contributed by atoms with van der Waals surface area (Å²) in [7, 11) is -1.82. The molecule has 0 bridgehead atoms. The summed E-state index contributed by atoms with van der Waals surface area (Å²) in [5, 5.41) is 2.81. The van der Waals surface area contributed by atoms with Crippen LogP contribution in [0.15, 0.2) is 58.3 Å². The van der Waals surface area contributed by atoms with Crippen molar-refractivity contribution in [2.24, 2.45) is 0 Å². The zero-order chi connectivity index (χ0) is 14.9. The molecule has 0 aliphatic carbocycles. The Morgan fingerprint density at radius 1 is 1.19 bits per heavy atom. The van der Waals surface area contributed by atoms with Crippen LogP contribution in [0, 0.1) is 0 Å². The first-order chi connectivity index (χ1) is 10.1. The van der Waals surface area contributed by atoms with Crippen molar-refractivity contribution in [1.82, 2.24) is 9.29 Å². The van der Waals surface area contributed by atoms with Gasteiger partial charge in [-0.15, -0.1) is 11.3 Å². The van der Waals surface area contributed by atoms with Gasteiger partial charge >= 0.3 is 0 Å². The van der Waals surface area contributed by atoms with E-state index >= 15 is 0 Å². The van der Waals surface area contributed by atoms with Gasteiger partial charge in [-0.1, -0.05) is 24.3 Å². The highest BCUT2D eigenvalue weighted by molar-refractivity contribution is 7.91. The number of pyridine rings is 1. The maximum atomic E-state index is 12.4. The molecular formula is C15H14N2O2S2. The molecule has 0 saturated heterocycles. The van der Waals surface area contributed by atoms with Crippen LogP contribution in [0.3, 0.4) is 0 Å². The van der Waals surface area contributed by atoms with Crippen molar-refractivity contribution in [3.63, 3.8) is 0 Å². The van der Waals surface area contributed by atoms with E-state index in [4.69, 9.17) is 0 Å². The lowest BCUT2D eigenvalue weighted by Crippen LogP contribution is -2.25. The fraction of sp³-hybridized carbons (Fsp3) is 0.133. The van der Waals surface area contributed by atoms with Crippen LogP contribution in [0.4, 0.5) is 0 Å². The summed E-state index contributed by atoms with van der Waals surface area (Å²) in [4.78, 5) is 4.30. The lowest BCUT2D eigenvalue weighted by Gasteiger charge is -2.16. The molecule has 3 rings (SSSR count). The van der Waals surface area contributed by atoms with Crippen molar-refractivity contribution in [3.8, 4) is 0 Å². The highest BCUT2D eigenvalue weighted by atomic mass is 32.2. The molecule has 0 aliphatic rings. The molecule has 0 amide bonds. The van der Waals surface area contributed by atoms with E-state index in [-0.39, 0.29) is 0 Å². The molecule has 108 valence electrons. The number of hydrogen-bond donors (Lipinski definition) is 0. The van der Waals surface area contributed by atoms with Crippen LogP contribution in [-0.4, -0.2) is 24.8 Å². The minimum Gasteiger partial charge on any atom is -0.256 e. The second kappa shape index (κ2) is 5.55. The van der Waals surface area contributed by atoms with E-state index in [1.807, 2.05) is 30.3 Å². The molecule has 0 N–H and O–H groups in total. The Bertz CT molecular complexity index is 858. The number of nitrogens with zero attached hydrogens (tertiary/aromatic N) is 2. The molecule has 21 heavy (non-hydrogen) atoms. The third-order valence-electron chi connectivity index (χ3n) is 3.24. The molecule has 3 aromatic rings. The summed E-state index contributed by atoms with van der Waals surface area (Å²) in [5.41, 5.74) is 1.79. The number of benzene rings is 1. The van der Waals surface area contributed by atoms with Crippen LogP contribution < -0.4 is 0 Å². The number of hydrogen-bond acceptors (Lipinski definition) is 4. The molecule has 4 nitrogen and oxygen atoms in total.